The van der Waals surface area contributed by atoms with E-state index in [9.17, 15) is 14.7 Å². The Bertz CT molecular complexity index is 1580. The number of carbonyl (C=O) groups is 2. The second-order valence-corrected chi connectivity index (χ2v) is 17.5. The van der Waals surface area contributed by atoms with Gasteiger partial charge >= 0.3 is 5.97 Å². The predicted molar refractivity (Wildman–Crippen MR) is 196 cm³/mol. The number of aromatic nitrogens is 1. The van der Waals surface area contributed by atoms with Crippen molar-refractivity contribution < 1.29 is 24.2 Å². The summed E-state index contributed by atoms with van der Waals surface area (Å²) in [5.41, 5.74) is 4.67. The molecule has 0 bridgehead atoms. The smallest absolute Gasteiger partial charge is 0.325 e. The topological polar surface area (TPSA) is 101 Å². The highest BCUT2D eigenvalue weighted by Crippen LogP contribution is 2.57. The van der Waals surface area contributed by atoms with E-state index in [2.05, 4.69) is 56.1 Å². The van der Waals surface area contributed by atoms with Crippen molar-refractivity contribution in [2.75, 3.05) is 32.1 Å². The quantitative estimate of drug-likeness (QED) is 0.235. The molecular weight excluding hydrogens is 626 g/mol. The van der Waals surface area contributed by atoms with Gasteiger partial charge in [-0.25, -0.2) is 4.98 Å². The van der Waals surface area contributed by atoms with Crippen LogP contribution in [0, 0.1) is 17.3 Å². The van der Waals surface area contributed by atoms with Crippen LogP contribution in [0.1, 0.15) is 126 Å². The number of hydrogen-bond donors (Lipinski definition) is 2. The van der Waals surface area contributed by atoms with Crippen LogP contribution in [0.15, 0.2) is 30.3 Å². The fraction of sp³-hybridized carbons (Fsp3) is 0.690. The molecule has 3 heterocycles. The third-order valence-electron chi connectivity index (χ3n) is 13.0. The zero-order valence-corrected chi connectivity index (χ0v) is 31.1. The third-order valence-corrected chi connectivity index (χ3v) is 13.0. The summed E-state index contributed by atoms with van der Waals surface area (Å²) >= 11 is 0. The van der Waals surface area contributed by atoms with Gasteiger partial charge in [0.15, 0.2) is 0 Å². The molecule has 2 aliphatic heterocycles. The first-order chi connectivity index (χ1) is 23.9. The highest BCUT2D eigenvalue weighted by molar-refractivity contribution is 5.97. The molecule has 8 nitrogen and oxygen atoms in total. The predicted octanol–water partition coefficient (Wildman–Crippen LogP) is 7.46. The van der Waals surface area contributed by atoms with Crippen LogP contribution in [0.5, 0.6) is 0 Å². The largest absolute Gasteiger partial charge is 0.480 e. The zero-order chi connectivity index (χ0) is 35.3. The zero-order valence-electron chi connectivity index (χ0n) is 31.1. The second-order valence-electron chi connectivity index (χ2n) is 17.5. The Labute approximate surface area is 299 Å². The average Bonchev–Trinajstić information content (AvgIpc) is 3.83. The fourth-order valence-corrected chi connectivity index (χ4v) is 10.1. The van der Waals surface area contributed by atoms with Crippen LogP contribution in [0.3, 0.4) is 0 Å². The molecule has 1 unspecified atom stereocenters. The second kappa shape index (κ2) is 14.0. The number of benzene rings is 1. The van der Waals surface area contributed by atoms with Gasteiger partial charge in [0.25, 0.3) is 0 Å². The van der Waals surface area contributed by atoms with E-state index in [1.54, 1.807) is 0 Å². The number of anilines is 1. The molecule has 7 rings (SSSR count). The van der Waals surface area contributed by atoms with E-state index in [-0.39, 0.29) is 29.1 Å². The molecule has 1 spiro atoms. The summed E-state index contributed by atoms with van der Waals surface area (Å²) in [5.74, 6) is 0.884. The Balaban J connectivity index is 1.02. The Morgan fingerprint density at radius 2 is 1.90 bits per heavy atom. The monoisotopic (exact) mass is 685 g/mol. The minimum atomic E-state index is -0.843. The van der Waals surface area contributed by atoms with E-state index in [0.29, 0.717) is 24.9 Å². The lowest BCUT2D eigenvalue weighted by Crippen LogP contribution is -2.42. The van der Waals surface area contributed by atoms with Crippen LogP contribution in [-0.2, 0) is 43.7 Å². The number of likely N-dealkylation sites (N-methyl/N-ethyl adjacent to an activating group) is 1. The van der Waals surface area contributed by atoms with Gasteiger partial charge in [0.05, 0.1) is 17.1 Å². The number of ketones is 1. The summed E-state index contributed by atoms with van der Waals surface area (Å²) in [6.07, 6.45) is 12.0. The molecule has 2 aromatic rings. The summed E-state index contributed by atoms with van der Waals surface area (Å²) in [6.45, 7) is 11.2. The number of nitrogens with zero attached hydrogens (tertiary/aromatic N) is 2. The molecule has 1 aromatic carbocycles. The summed E-state index contributed by atoms with van der Waals surface area (Å²) < 4.78 is 12.6. The number of carboxylic acid groups (broad SMARTS) is 1. The van der Waals surface area contributed by atoms with Gasteiger partial charge in [-0.2, -0.15) is 0 Å². The number of aliphatic carboxylic acids is 1. The standard InChI is InChI=1S/C42H59N3O5/c1-40(2)26-31(24-34(40)49-22-7-6-12-30-16-14-28-11-9-21-43-38(28)44-30)45(5)36(39(47)48)33-13-8-10-27-15-17-32(29-18-23-50-41(3,4)25-29)37(46)42(19-20-42)35(27)33/h8,10,13-14,16,29,31-32,34,36H,6-7,9,11-12,15,17-26H2,1-5H3,(H,43,44)(H,47,48)/t29-,31+,32?,34+,36-/m1/s1. The SMILES string of the molecule is CN([C@H]1C[C@H](OCCCCc2ccc3c(n2)NCCC3)C(C)(C)C1)[C@@H](C(=O)O)c1cccc2c1C1(CC1)C(=O)C([C@@H]1CCOC(C)(C)C1)CC2. The molecule has 272 valence electrons. The van der Waals surface area contributed by atoms with Gasteiger partial charge in [0.1, 0.15) is 17.6 Å². The summed E-state index contributed by atoms with van der Waals surface area (Å²) in [4.78, 5) is 34.8. The number of hydrogen-bond acceptors (Lipinski definition) is 7. The first kappa shape index (κ1) is 35.6. The van der Waals surface area contributed by atoms with E-state index < -0.39 is 17.4 Å². The van der Waals surface area contributed by atoms with E-state index >= 15 is 0 Å². The molecule has 1 aromatic heterocycles. The number of rotatable bonds is 11. The van der Waals surface area contributed by atoms with Crippen molar-refractivity contribution in [1.82, 2.24) is 9.88 Å². The fourth-order valence-electron chi connectivity index (χ4n) is 10.1. The van der Waals surface area contributed by atoms with Gasteiger partial charge in [-0.05, 0) is 144 Å². The lowest BCUT2D eigenvalue weighted by atomic mass is 9.72. The Kier molecular flexibility index (Phi) is 9.94. The van der Waals surface area contributed by atoms with Crippen molar-refractivity contribution in [1.29, 1.82) is 0 Å². The Hall–Kier alpha value is -2.81. The van der Waals surface area contributed by atoms with Gasteiger partial charge in [0, 0.05) is 37.4 Å². The number of nitrogens with one attached hydrogen (secondary N) is 1. The molecule has 2 saturated carbocycles. The molecule has 0 radical (unpaired) electrons. The minimum absolute atomic E-state index is 0.00161. The van der Waals surface area contributed by atoms with Gasteiger partial charge in [-0.1, -0.05) is 38.1 Å². The molecule has 3 fully saturated rings. The van der Waals surface area contributed by atoms with Gasteiger partial charge in [-0.3, -0.25) is 14.5 Å². The third kappa shape index (κ3) is 7.01. The van der Waals surface area contributed by atoms with Crippen molar-refractivity contribution in [2.24, 2.45) is 17.3 Å². The molecule has 0 amide bonds. The maximum absolute atomic E-state index is 14.6. The van der Waals surface area contributed by atoms with Crippen LogP contribution >= 0.6 is 0 Å². The molecule has 2 N–H and O–H groups in total. The summed E-state index contributed by atoms with van der Waals surface area (Å²) in [6, 6.07) is 9.83. The molecule has 1 saturated heterocycles. The highest BCUT2D eigenvalue weighted by atomic mass is 16.5. The Morgan fingerprint density at radius 1 is 1.08 bits per heavy atom. The minimum Gasteiger partial charge on any atom is -0.480 e. The van der Waals surface area contributed by atoms with Crippen molar-refractivity contribution >= 4 is 17.6 Å². The van der Waals surface area contributed by atoms with Crippen LogP contribution in [-0.4, -0.2) is 71.3 Å². The molecular formula is C42H59N3O5. The summed E-state index contributed by atoms with van der Waals surface area (Å²) in [5, 5.41) is 14.3. The van der Waals surface area contributed by atoms with E-state index in [0.717, 1.165) is 106 Å². The van der Waals surface area contributed by atoms with Crippen LogP contribution in [0.25, 0.3) is 0 Å². The summed E-state index contributed by atoms with van der Waals surface area (Å²) in [7, 11) is 1.98. The van der Waals surface area contributed by atoms with Crippen molar-refractivity contribution in [3.63, 3.8) is 0 Å². The number of pyridine rings is 1. The molecule has 5 atom stereocenters. The lowest BCUT2D eigenvalue weighted by molar-refractivity contribution is -0.144. The number of fused-ring (bicyclic) bond motifs is 3. The highest BCUT2D eigenvalue weighted by Gasteiger charge is 2.58. The molecule has 8 heteroatoms. The maximum Gasteiger partial charge on any atom is 0.325 e. The first-order valence-electron chi connectivity index (χ1n) is 19.5. The maximum atomic E-state index is 14.6. The number of ether oxygens (including phenoxy) is 2. The van der Waals surface area contributed by atoms with Crippen LogP contribution < -0.4 is 5.32 Å². The molecule has 3 aliphatic carbocycles. The van der Waals surface area contributed by atoms with Gasteiger partial charge < -0.3 is 19.9 Å². The molecule has 50 heavy (non-hydrogen) atoms. The Morgan fingerprint density at radius 3 is 2.66 bits per heavy atom. The number of unbranched alkanes of at least 4 members (excludes halogenated alkanes) is 1. The van der Waals surface area contributed by atoms with Crippen LogP contribution in [0.4, 0.5) is 5.82 Å². The van der Waals surface area contributed by atoms with E-state index in [1.165, 1.54) is 17.5 Å². The van der Waals surface area contributed by atoms with E-state index in [1.807, 2.05) is 19.2 Å². The van der Waals surface area contributed by atoms with Crippen molar-refractivity contribution in [2.45, 2.75) is 140 Å². The van der Waals surface area contributed by atoms with Crippen molar-refractivity contribution in [3.8, 4) is 0 Å². The normalized spacial score (nSPS) is 28.4. The van der Waals surface area contributed by atoms with Gasteiger partial charge in [0.2, 0.25) is 0 Å². The van der Waals surface area contributed by atoms with Gasteiger partial charge in [-0.15, -0.1) is 0 Å². The van der Waals surface area contributed by atoms with Crippen molar-refractivity contribution in [3.05, 3.63) is 58.3 Å². The van der Waals surface area contributed by atoms with E-state index in [4.69, 9.17) is 14.5 Å². The number of carbonyl (C=O) groups excluding carboxylic acids is 1. The number of aryl methyl sites for hydroxylation is 3. The lowest BCUT2D eigenvalue weighted by Gasteiger charge is -2.39. The molecule has 5 aliphatic rings. The number of carboxylic acids is 1. The van der Waals surface area contributed by atoms with Crippen LogP contribution in [0.2, 0.25) is 0 Å². The first-order valence-corrected chi connectivity index (χ1v) is 19.5. The average molecular weight is 686 g/mol. The number of Topliss-reactive ketones (excluding diaryl/α,β-unsaturated/α-hetero) is 1.